The molecule has 0 radical (unpaired) electrons. The summed E-state index contributed by atoms with van der Waals surface area (Å²) in [4.78, 5) is 24.0. The van der Waals surface area contributed by atoms with Crippen LogP contribution in [0.15, 0.2) is 48.5 Å². The minimum Gasteiger partial charge on any atom is -0.444 e. The fourth-order valence-corrected chi connectivity index (χ4v) is 2.33. The number of anilines is 3. The van der Waals surface area contributed by atoms with E-state index >= 15 is 0 Å². The van der Waals surface area contributed by atoms with E-state index in [1.165, 1.54) is 0 Å². The van der Waals surface area contributed by atoms with Gasteiger partial charge in [0.1, 0.15) is 5.60 Å². The van der Waals surface area contributed by atoms with Crippen molar-refractivity contribution in [2.75, 3.05) is 16.4 Å². The molecule has 4 N–H and O–H groups in total. The summed E-state index contributed by atoms with van der Waals surface area (Å²) in [5.41, 5.74) is 8.02. The highest BCUT2D eigenvalue weighted by molar-refractivity contribution is 5.92. The number of amides is 2. The Kier molecular flexibility index (Phi) is 6.22. The van der Waals surface area contributed by atoms with Gasteiger partial charge in [0, 0.05) is 23.5 Å². The third-order valence-electron chi connectivity index (χ3n) is 3.38. The molecule has 6 heteroatoms. The molecule has 0 atom stereocenters. The molecule has 2 aromatic rings. The van der Waals surface area contributed by atoms with Gasteiger partial charge in [-0.05, 0) is 63.1 Å². The standard InChI is InChI=1S/C20H25N3O3/c1-20(2,3)26-19(25)23-17-9-5-8-16(13-17)22-18(24)11-10-14-6-4-7-15(21)12-14/h4-9,12-13H,10-11,21H2,1-3H3,(H,22,24)(H,23,25). The predicted molar refractivity (Wildman–Crippen MR) is 104 cm³/mol. The summed E-state index contributed by atoms with van der Waals surface area (Å²) in [6, 6.07) is 14.4. The molecule has 0 unspecified atom stereocenters. The minimum absolute atomic E-state index is 0.109. The van der Waals surface area contributed by atoms with Crippen molar-refractivity contribution in [2.45, 2.75) is 39.2 Å². The van der Waals surface area contributed by atoms with Crippen LogP contribution in [0.2, 0.25) is 0 Å². The van der Waals surface area contributed by atoms with Gasteiger partial charge in [0.15, 0.2) is 0 Å². The SMILES string of the molecule is CC(C)(C)OC(=O)Nc1cccc(NC(=O)CCc2cccc(N)c2)c1. The van der Waals surface area contributed by atoms with Crippen LogP contribution in [0.3, 0.4) is 0 Å². The molecule has 0 fully saturated rings. The molecule has 2 aromatic carbocycles. The first-order chi connectivity index (χ1) is 12.2. The molecule has 0 saturated carbocycles. The number of hydrogen-bond donors (Lipinski definition) is 3. The molecule has 0 aliphatic rings. The second-order valence-corrected chi connectivity index (χ2v) is 7.00. The summed E-state index contributed by atoms with van der Waals surface area (Å²) in [6.07, 6.45) is 0.405. The van der Waals surface area contributed by atoms with Gasteiger partial charge < -0.3 is 15.8 Å². The average Bonchev–Trinajstić information content (AvgIpc) is 2.51. The quantitative estimate of drug-likeness (QED) is 0.701. The molecule has 26 heavy (non-hydrogen) atoms. The first kappa shape index (κ1) is 19.3. The molecule has 0 spiro atoms. The highest BCUT2D eigenvalue weighted by Crippen LogP contribution is 2.17. The number of hydrogen-bond acceptors (Lipinski definition) is 4. The Morgan fingerprint density at radius 2 is 1.65 bits per heavy atom. The van der Waals surface area contributed by atoms with E-state index in [4.69, 9.17) is 10.5 Å². The van der Waals surface area contributed by atoms with Gasteiger partial charge in [-0.2, -0.15) is 0 Å². The molecule has 0 heterocycles. The molecule has 138 valence electrons. The van der Waals surface area contributed by atoms with Gasteiger partial charge in [0.2, 0.25) is 5.91 Å². The lowest BCUT2D eigenvalue weighted by Gasteiger charge is -2.19. The predicted octanol–water partition coefficient (Wildman–Crippen LogP) is 4.19. The van der Waals surface area contributed by atoms with E-state index in [-0.39, 0.29) is 5.91 Å². The average molecular weight is 355 g/mol. The molecule has 0 aliphatic heterocycles. The normalized spacial score (nSPS) is 10.9. The number of nitrogen functional groups attached to an aromatic ring is 1. The summed E-state index contributed by atoms with van der Waals surface area (Å²) in [5.74, 6) is -0.109. The summed E-state index contributed by atoms with van der Waals surface area (Å²) in [7, 11) is 0. The van der Waals surface area contributed by atoms with Crippen LogP contribution >= 0.6 is 0 Å². The van der Waals surface area contributed by atoms with Crippen molar-refractivity contribution >= 4 is 29.1 Å². The molecule has 0 saturated heterocycles. The molecular formula is C20H25N3O3. The monoisotopic (exact) mass is 355 g/mol. The Morgan fingerprint density at radius 3 is 2.31 bits per heavy atom. The molecule has 2 rings (SSSR count). The topological polar surface area (TPSA) is 93.5 Å². The second-order valence-electron chi connectivity index (χ2n) is 7.00. The zero-order valence-electron chi connectivity index (χ0n) is 15.3. The number of nitrogens with two attached hydrogens (primary N) is 1. The van der Waals surface area contributed by atoms with E-state index in [1.54, 1.807) is 45.0 Å². The van der Waals surface area contributed by atoms with Gasteiger partial charge in [-0.1, -0.05) is 18.2 Å². The van der Waals surface area contributed by atoms with E-state index in [0.29, 0.717) is 29.9 Å². The van der Waals surface area contributed by atoms with Crippen molar-refractivity contribution in [1.29, 1.82) is 0 Å². The van der Waals surface area contributed by atoms with Crippen LogP contribution in [0, 0.1) is 0 Å². The number of aryl methyl sites for hydroxylation is 1. The first-order valence-corrected chi connectivity index (χ1v) is 8.46. The van der Waals surface area contributed by atoms with Crippen molar-refractivity contribution in [2.24, 2.45) is 0 Å². The van der Waals surface area contributed by atoms with E-state index in [2.05, 4.69) is 10.6 Å². The second kappa shape index (κ2) is 8.38. The van der Waals surface area contributed by atoms with Gasteiger partial charge in [0.25, 0.3) is 0 Å². The number of carbonyl (C=O) groups is 2. The van der Waals surface area contributed by atoms with Crippen LogP contribution in [0.4, 0.5) is 21.9 Å². The van der Waals surface area contributed by atoms with Crippen LogP contribution in [-0.2, 0) is 16.0 Å². The first-order valence-electron chi connectivity index (χ1n) is 8.46. The van der Waals surface area contributed by atoms with Crippen LogP contribution < -0.4 is 16.4 Å². The number of carbonyl (C=O) groups excluding carboxylic acids is 2. The molecule has 0 aliphatic carbocycles. The Labute approximate surface area is 153 Å². The molecule has 2 amide bonds. The maximum Gasteiger partial charge on any atom is 0.412 e. The van der Waals surface area contributed by atoms with E-state index < -0.39 is 11.7 Å². The molecule has 0 aromatic heterocycles. The Balaban J connectivity index is 1.89. The molecule has 0 bridgehead atoms. The number of ether oxygens (including phenoxy) is 1. The van der Waals surface area contributed by atoms with Crippen molar-refractivity contribution in [3.8, 4) is 0 Å². The largest absolute Gasteiger partial charge is 0.444 e. The van der Waals surface area contributed by atoms with Crippen LogP contribution in [0.5, 0.6) is 0 Å². The maximum atomic E-state index is 12.1. The number of benzene rings is 2. The lowest BCUT2D eigenvalue weighted by Crippen LogP contribution is -2.27. The van der Waals surface area contributed by atoms with Gasteiger partial charge in [-0.3, -0.25) is 10.1 Å². The zero-order valence-corrected chi connectivity index (χ0v) is 15.3. The third kappa shape index (κ3) is 6.84. The van der Waals surface area contributed by atoms with Crippen LogP contribution in [0.1, 0.15) is 32.8 Å². The van der Waals surface area contributed by atoms with E-state index in [9.17, 15) is 9.59 Å². The van der Waals surface area contributed by atoms with Crippen LogP contribution in [0.25, 0.3) is 0 Å². The lowest BCUT2D eigenvalue weighted by molar-refractivity contribution is -0.116. The highest BCUT2D eigenvalue weighted by atomic mass is 16.6. The minimum atomic E-state index is -0.573. The molecule has 6 nitrogen and oxygen atoms in total. The molecular weight excluding hydrogens is 330 g/mol. The lowest BCUT2D eigenvalue weighted by atomic mass is 10.1. The fraction of sp³-hybridized carbons (Fsp3) is 0.300. The van der Waals surface area contributed by atoms with Gasteiger partial charge in [-0.25, -0.2) is 4.79 Å². The smallest absolute Gasteiger partial charge is 0.412 e. The van der Waals surface area contributed by atoms with E-state index in [0.717, 1.165) is 5.56 Å². The summed E-state index contributed by atoms with van der Waals surface area (Å²) >= 11 is 0. The summed E-state index contributed by atoms with van der Waals surface area (Å²) in [5, 5.41) is 5.48. The number of nitrogens with one attached hydrogen (secondary N) is 2. The van der Waals surface area contributed by atoms with Crippen molar-refractivity contribution in [1.82, 2.24) is 0 Å². The summed E-state index contributed by atoms with van der Waals surface area (Å²) in [6.45, 7) is 5.39. The van der Waals surface area contributed by atoms with Crippen LogP contribution in [-0.4, -0.2) is 17.6 Å². The van der Waals surface area contributed by atoms with Crippen molar-refractivity contribution < 1.29 is 14.3 Å². The van der Waals surface area contributed by atoms with Gasteiger partial charge in [0.05, 0.1) is 0 Å². The van der Waals surface area contributed by atoms with E-state index in [1.807, 2.05) is 24.3 Å². The van der Waals surface area contributed by atoms with Gasteiger partial charge >= 0.3 is 6.09 Å². The van der Waals surface area contributed by atoms with Crippen molar-refractivity contribution in [3.05, 3.63) is 54.1 Å². The third-order valence-corrected chi connectivity index (χ3v) is 3.38. The van der Waals surface area contributed by atoms with Crippen molar-refractivity contribution in [3.63, 3.8) is 0 Å². The summed E-state index contributed by atoms with van der Waals surface area (Å²) < 4.78 is 5.21. The Morgan fingerprint density at radius 1 is 1.00 bits per heavy atom. The van der Waals surface area contributed by atoms with Gasteiger partial charge in [-0.15, -0.1) is 0 Å². The number of rotatable bonds is 5. The highest BCUT2D eigenvalue weighted by Gasteiger charge is 2.16. The maximum absolute atomic E-state index is 12.1. The zero-order chi connectivity index (χ0) is 19.2. The Hall–Kier alpha value is -3.02. The fourth-order valence-electron chi connectivity index (χ4n) is 2.33. The Bertz CT molecular complexity index is 782.